The molecule has 0 bridgehead atoms. The Bertz CT molecular complexity index is 447. The van der Waals surface area contributed by atoms with E-state index in [1.807, 2.05) is 0 Å². The van der Waals surface area contributed by atoms with Crippen LogP contribution >= 0.6 is 0 Å². The van der Waals surface area contributed by atoms with E-state index in [2.05, 4.69) is 19.2 Å². The van der Waals surface area contributed by atoms with Crippen LogP contribution in [0.1, 0.15) is 46.0 Å². The van der Waals surface area contributed by atoms with Crippen molar-refractivity contribution < 1.29 is 9.66 Å². The monoisotopic (exact) mass is 294 g/mol. The highest BCUT2D eigenvalue weighted by Crippen LogP contribution is 2.25. The number of hydrogen-bond donors (Lipinski definition) is 1. The smallest absolute Gasteiger partial charge is 0.275 e. The van der Waals surface area contributed by atoms with Crippen LogP contribution in [0.4, 0.5) is 11.4 Å². The number of benzene rings is 1. The molecule has 1 N–H and O–H groups in total. The molecule has 21 heavy (non-hydrogen) atoms. The first kappa shape index (κ1) is 17.3. The van der Waals surface area contributed by atoms with E-state index in [1.165, 1.54) is 38.9 Å². The lowest BCUT2D eigenvalue weighted by Crippen LogP contribution is -2.02. The summed E-state index contributed by atoms with van der Waals surface area (Å²) in [6.07, 6.45) is 6.07. The predicted molar refractivity (Wildman–Crippen MR) is 86.1 cm³/mol. The zero-order valence-corrected chi connectivity index (χ0v) is 13.2. The lowest BCUT2D eigenvalue weighted by Gasteiger charge is -2.08. The molecule has 1 aromatic rings. The van der Waals surface area contributed by atoms with Crippen LogP contribution in [0.5, 0.6) is 5.75 Å². The molecule has 0 fully saturated rings. The van der Waals surface area contributed by atoms with Gasteiger partial charge < -0.3 is 10.1 Å². The van der Waals surface area contributed by atoms with E-state index in [1.54, 1.807) is 12.1 Å². The average molecular weight is 294 g/mol. The molecule has 0 saturated heterocycles. The summed E-state index contributed by atoms with van der Waals surface area (Å²) >= 11 is 0. The van der Waals surface area contributed by atoms with Crippen LogP contribution in [0.25, 0.3) is 0 Å². The van der Waals surface area contributed by atoms with Crippen molar-refractivity contribution in [2.24, 2.45) is 5.92 Å². The maximum absolute atomic E-state index is 10.8. The summed E-state index contributed by atoms with van der Waals surface area (Å²) in [5, 5.41) is 14.1. The summed E-state index contributed by atoms with van der Waals surface area (Å²) in [6, 6.07) is 4.75. The second kappa shape index (κ2) is 9.21. The summed E-state index contributed by atoms with van der Waals surface area (Å²) in [5.74, 6) is 1.28. The van der Waals surface area contributed by atoms with E-state index in [0.717, 1.165) is 24.6 Å². The molecule has 0 radical (unpaired) electrons. The molecule has 5 heteroatoms. The van der Waals surface area contributed by atoms with Crippen molar-refractivity contribution in [2.45, 2.75) is 46.0 Å². The van der Waals surface area contributed by atoms with Gasteiger partial charge in [0.25, 0.3) is 5.69 Å². The molecule has 0 amide bonds. The van der Waals surface area contributed by atoms with Crippen molar-refractivity contribution in [3.63, 3.8) is 0 Å². The van der Waals surface area contributed by atoms with Gasteiger partial charge in [-0.2, -0.15) is 0 Å². The fourth-order valence-corrected chi connectivity index (χ4v) is 2.17. The average Bonchev–Trinajstić information content (AvgIpc) is 2.45. The van der Waals surface area contributed by atoms with Crippen molar-refractivity contribution in [3.05, 3.63) is 28.3 Å². The van der Waals surface area contributed by atoms with Gasteiger partial charge in [0.05, 0.1) is 18.1 Å². The summed E-state index contributed by atoms with van der Waals surface area (Å²) in [5.41, 5.74) is 0.789. The highest BCUT2D eigenvalue weighted by molar-refractivity contribution is 5.56. The standard InChI is InChI=1S/C16H26N2O3/c1-13(2)8-6-4-5-7-9-17-14-10-15(18(19)20)12-16(11-14)21-3/h10-13,17H,4-9H2,1-3H3. The Morgan fingerprint density at radius 1 is 1.19 bits per heavy atom. The number of nitrogens with one attached hydrogen (secondary N) is 1. The third-order valence-electron chi connectivity index (χ3n) is 3.38. The van der Waals surface area contributed by atoms with Crippen LogP contribution in [0.2, 0.25) is 0 Å². The third kappa shape index (κ3) is 6.97. The number of methoxy groups -OCH3 is 1. The molecule has 1 rings (SSSR count). The molecule has 0 unspecified atom stereocenters. The Hall–Kier alpha value is -1.78. The third-order valence-corrected chi connectivity index (χ3v) is 3.38. The van der Waals surface area contributed by atoms with E-state index < -0.39 is 4.92 Å². The second-order valence-electron chi connectivity index (χ2n) is 5.70. The Labute approximate surface area is 126 Å². The lowest BCUT2D eigenvalue weighted by molar-refractivity contribution is -0.384. The van der Waals surface area contributed by atoms with Crippen molar-refractivity contribution in [1.29, 1.82) is 0 Å². The first-order valence-corrected chi connectivity index (χ1v) is 7.60. The molecule has 0 aliphatic carbocycles. The number of non-ortho nitro benzene ring substituents is 1. The van der Waals surface area contributed by atoms with Gasteiger partial charge in [-0.3, -0.25) is 10.1 Å². The topological polar surface area (TPSA) is 64.4 Å². The number of unbranched alkanes of at least 4 members (excludes halogenated alkanes) is 3. The Morgan fingerprint density at radius 2 is 1.90 bits per heavy atom. The van der Waals surface area contributed by atoms with Crippen LogP contribution in [0.3, 0.4) is 0 Å². The highest BCUT2D eigenvalue weighted by Gasteiger charge is 2.09. The molecule has 0 aliphatic rings. The largest absolute Gasteiger partial charge is 0.496 e. The van der Waals surface area contributed by atoms with Gasteiger partial charge in [-0.05, 0) is 12.3 Å². The van der Waals surface area contributed by atoms with Gasteiger partial charge in [0.2, 0.25) is 0 Å². The van der Waals surface area contributed by atoms with E-state index in [0.29, 0.717) is 5.75 Å². The lowest BCUT2D eigenvalue weighted by atomic mass is 10.0. The number of nitrogens with zero attached hydrogens (tertiary/aromatic N) is 1. The summed E-state index contributed by atoms with van der Waals surface area (Å²) in [4.78, 5) is 10.4. The van der Waals surface area contributed by atoms with Crippen molar-refractivity contribution >= 4 is 11.4 Å². The van der Waals surface area contributed by atoms with Crippen LogP contribution in [0.15, 0.2) is 18.2 Å². The zero-order chi connectivity index (χ0) is 15.7. The molecule has 118 valence electrons. The molecule has 0 aromatic heterocycles. The van der Waals surface area contributed by atoms with Gasteiger partial charge >= 0.3 is 0 Å². The quantitative estimate of drug-likeness (QED) is 0.388. The van der Waals surface area contributed by atoms with Crippen LogP contribution in [0, 0.1) is 16.0 Å². The van der Waals surface area contributed by atoms with E-state index in [9.17, 15) is 10.1 Å². The fraction of sp³-hybridized carbons (Fsp3) is 0.625. The second-order valence-corrected chi connectivity index (χ2v) is 5.70. The van der Waals surface area contributed by atoms with Crippen LogP contribution in [-0.4, -0.2) is 18.6 Å². The van der Waals surface area contributed by atoms with Crippen LogP contribution in [-0.2, 0) is 0 Å². The fourth-order valence-electron chi connectivity index (χ4n) is 2.17. The number of rotatable bonds is 10. The van der Waals surface area contributed by atoms with Crippen molar-refractivity contribution in [3.8, 4) is 5.75 Å². The molecule has 0 atom stereocenters. The van der Waals surface area contributed by atoms with Crippen molar-refractivity contribution in [1.82, 2.24) is 0 Å². The summed E-state index contributed by atoms with van der Waals surface area (Å²) in [7, 11) is 1.51. The van der Waals surface area contributed by atoms with Crippen LogP contribution < -0.4 is 10.1 Å². The SMILES string of the molecule is COc1cc(NCCCCCCC(C)C)cc([N+](=O)[O-])c1. The highest BCUT2D eigenvalue weighted by atomic mass is 16.6. The number of nitro groups is 1. The van der Waals surface area contributed by atoms with Crippen molar-refractivity contribution in [2.75, 3.05) is 19.0 Å². The summed E-state index contributed by atoms with van der Waals surface area (Å²) < 4.78 is 5.08. The van der Waals surface area contributed by atoms with E-state index >= 15 is 0 Å². The molecule has 5 nitrogen and oxygen atoms in total. The number of anilines is 1. The van der Waals surface area contributed by atoms with Gasteiger partial charge in [0, 0.05) is 24.4 Å². The molecule has 0 aliphatic heterocycles. The Balaban J connectivity index is 2.34. The molecule has 0 saturated carbocycles. The first-order valence-electron chi connectivity index (χ1n) is 7.60. The summed E-state index contributed by atoms with van der Waals surface area (Å²) in [6.45, 7) is 5.32. The van der Waals surface area contributed by atoms with Gasteiger partial charge in [0.15, 0.2) is 0 Å². The number of ether oxygens (including phenoxy) is 1. The first-order chi connectivity index (χ1) is 10.0. The minimum atomic E-state index is -0.403. The molecular formula is C16H26N2O3. The van der Waals surface area contributed by atoms with E-state index in [-0.39, 0.29) is 5.69 Å². The maximum atomic E-state index is 10.8. The Morgan fingerprint density at radius 3 is 2.52 bits per heavy atom. The molecule has 0 heterocycles. The minimum Gasteiger partial charge on any atom is -0.496 e. The van der Waals surface area contributed by atoms with Gasteiger partial charge in [-0.1, -0.05) is 39.5 Å². The van der Waals surface area contributed by atoms with Gasteiger partial charge in [-0.15, -0.1) is 0 Å². The van der Waals surface area contributed by atoms with Gasteiger partial charge in [-0.25, -0.2) is 0 Å². The van der Waals surface area contributed by atoms with Gasteiger partial charge in [0.1, 0.15) is 5.75 Å². The minimum absolute atomic E-state index is 0.0498. The predicted octanol–water partition coefficient (Wildman–Crippen LogP) is 4.62. The number of hydrogen-bond acceptors (Lipinski definition) is 4. The molecule has 0 spiro atoms. The zero-order valence-electron chi connectivity index (χ0n) is 13.2. The molecular weight excluding hydrogens is 268 g/mol. The normalized spacial score (nSPS) is 10.7. The van der Waals surface area contributed by atoms with E-state index in [4.69, 9.17) is 4.74 Å². The maximum Gasteiger partial charge on any atom is 0.275 e. The number of nitro benzene ring substituents is 1. The Kier molecular flexibility index (Phi) is 7.58. The molecule has 1 aromatic carbocycles.